The van der Waals surface area contributed by atoms with E-state index in [1.165, 1.54) is 173 Å². The number of cyclic esters (lactones) is 1. The molecule has 1 aliphatic heterocycles. The van der Waals surface area contributed by atoms with E-state index in [9.17, 15) is 4.79 Å². The number of carbonyl (C=O) groups excluding carboxylic acids is 1. The predicted molar refractivity (Wildman–Crippen MR) is 186 cm³/mol. The molecule has 0 aliphatic carbocycles. The Bertz CT molecular complexity index is 673. The summed E-state index contributed by atoms with van der Waals surface area (Å²) in [7, 11) is 0. The Morgan fingerprint density at radius 1 is 0.452 bits per heavy atom. The van der Waals surface area contributed by atoms with E-state index in [0.29, 0.717) is 0 Å². The second kappa shape index (κ2) is 31.1. The maximum Gasteiger partial charge on any atom is 0.321 e. The zero-order valence-corrected chi connectivity index (χ0v) is 28.5. The fourth-order valence-corrected chi connectivity index (χ4v) is 5.99. The van der Waals surface area contributed by atoms with Crippen molar-refractivity contribution in [1.82, 2.24) is 0 Å². The third kappa shape index (κ3) is 24.2. The van der Waals surface area contributed by atoms with E-state index in [1.54, 1.807) is 0 Å². The number of ether oxygens (including phenoxy) is 1. The van der Waals surface area contributed by atoms with Crippen LogP contribution in [0.3, 0.4) is 0 Å². The summed E-state index contributed by atoms with van der Waals surface area (Å²) in [5.41, 5.74) is 0. The standard InChI is InChI=1S/C40H72O2/c1-3-5-7-9-11-13-15-17-19-21-23-25-27-29-31-33-35-37-39-38(40(41)42-39)36-34-32-30-28-26-24-22-20-18-16-14-12-10-8-6-4-2/h15-18,37-38H,3-14,19-36H2,1-2H3/b17-15+,18-16+,39-37+. The number of unbranched alkanes of at least 4 members (excludes halogenated alkanes) is 25. The van der Waals surface area contributed by atoms with Crippen LogP contribution in [0.2, 0.25) is 0 Å². The molecule has 0 saturated carbocycles. The first kappa shape index (κ1) is 38.7. The molecular weight excluding hydrogens is 512 g/mol. The number of hydrogen-bond donors (Lipinski definition) is 0. The Morgan fingerprint density at radius 3 is 1.17 bits per heavy atom. The van der Waals surface area contributed by atoms with Crippen LogP contribution in [0.5, 0.6) is 0 Å². The van der Waals surface area contributed by atoms with E-state index in [-0.39, 0.29) is 11.9 Å². The van der Waals surface area contributed by atoms with Crippen LogP contribution in [0, 0.1) is 5.92 Å². The largest absolute Gasteiger partial charge is 0.430 e. The number of allylic oxidation sites excluding steroid dienone is 5. The summed E-state index contributed by atoms with van der Waals surface area (Å²) in [5, 5.41) is 0. The molecule has 1 saturated heterocycles. The number of esters is 1. The molecule has 2 heteroatoms. The zero-order valence-electron chi connectivity index (χ0n) is 28.5. The highest BCUT2D eigenvalue weighted by Crippen LogP contribution is 2.32. The van der Waals surface area contributed by atoms with Crippen LogP contribution >= 0.6 is 0 Å². The first-order chi connectivity index (χ1) is 20.8. The smallest absolute Gasteiger partial charge is 0.321 e. The molecule has 0 aromatic heterocycles. The fourth-order valence-electron chi connectivity index (χ4n) is 5.99. The third-order valence-electron chi connectivity index (χ3n) is 8.91. The molecule has 0 aromatic carbocycles. The van der Waals surface area contributed by atoms with Crippen molar-refractivity contribution in [2.24, 2.45) is 5.92 Å². The third-order valence-corrected chi connectivity index (χ3v) is 8.91. The topological polar surface area (TPSA) is 26.3 Å². The van der Waals surface area contributed by atoms with Gasteiger partial charge in [0.15, 0.2) is 0 Å². The summed E-state index contributed by atoms with van der Waals surface area (Å²) >= 11 is 0. The van der Waals surface area contributed by atoms with Gasteiger partial charge < -0.3 is 4.74 Å². The summed E-state index contributed by atoms with van der Waals surface area (Å²) < 4.78 is 5.37. The minimum Gasteiger partial charge on any atom is -0.430 e. The van der Waals surface area contributed by atoms with Crippen LogP contribution in [0.15, 0.2) is 36.1 Å². The second-order valence-electron chi connectivity index (χ2n) is 13.0. The maximum absolute atomic E-state index is 11.9. The molecule has 0 amide bonds. The summed E-state index contributed by atoms with van der Waals surface area (Å²) in [6.45, 7) is 4.56. The molecular formula is C40H72O2. The molecule has 0 aromatic rings. The van der Waals surface area contributed by atoms with Crippen LogP contribution in [0.25, 0.3) is 0 Å². The van der Waals surface area contributed by atoms with E-state index in [1.807, 2.05) is 0 Å². The van der Waals surface area contributed by atoms with Gasteiger partial charge in [-0.3, -0.25) is 4.79 Å². The number of rotatable bonds is 32. The van der Waals surface area contributed by atoms with Gasteiger partial charge in [0, 0.05) is 0 Å². The molecule has 0 bridgehead atoms. The average molecular weight is 585 g/mol. The van der Waals surface area contributed by atoms with Gasteiger partial charge in [0.2, 0.25) is 0 Å². The lowest BCUT2D eigenvalue weighted by atomic mass is 9.93. The number of hydrogen-bond acceptors (Lipinski definition) is 2. The molecule has 1 aliphatic rings. The second-order valence-corrected chi connectivity index (χ2v) is 13.0. The maximum atomic E-state index is 11.9. The lowest BCUT2D eigenvalue weighted by Crippen LogP contribution is -2.32. The monoisotopic (exact) mass is 585 g/mol. The highest BCUT2D eigenvalue weighted by molar-refractivity contribution is 5.82. The first-order valence-corrected chi connectivity index (χ1v) is 19.0. The molecule has 1 unspecified atom stereocenters. The van der Waals surface area contributed by atoms with Gasteiger partial charge in [0.1, 0.15) is 11.7 Å². The molecule has 1 heterocycles. The van der Waals surface area contributed by atoms with E-state index in [2.05, 4.69) is 44.2 Å². The van der Waals surface area contributed by atoms with Gasteiger partial charge >= 0.3 is 5.97 Å². The van der Waals surface area contributed by atoms with Crippen LogP contribution < -0.4 is 0 Å². The Morgan fingerprint density at radius 2 is 0.786 bits per heavy atom. The molecule has 244 valence electrons. The minimum absolute atomic E-state index is 0.0112. The molecule has 1 atom stereocenters. The zero-order chi connectivity index (χ0) is 30.2. The molecule has 0 radical (unpaired) electrons. The van der Waals surface area contributed by atoms with Crippen molar-refractivity contribution in [3.63, 3.8) is 0 Å². The van der Waals surface area contributed by atoms with Gasteiger partial charge in [-0.2, -0.15) is 0 Å². The first-order valence-electron chi connectivity index (χ1n) is 19.0. The Labute approximate surface area is 263 Å². The van der Waals surface area contributed by atoms with E-state index in [4.69, 9.17) is 4.74 Å². The SMILES string of the molecule is CCCCCCC/C=C/CCCCCCCCC/C=C1/OC(=O)C1CCCCCCCCC/C=C/CCCCCCC. The van der Waals surface area contributed by atoms with Crippen molar-refractivity contribution in [1.29, 1.82) is 0 Å². The van der Waals surface area contributed by atoms with Crippen molar-refractivity contribution in [2.45, 2.75) is 206 Å². The Kier molecular flexibility index (Phi) is 28.7. The van der Waals surface area contributed by atoms with Crippen LogP contribution in [-0.4, -0.2) is 5.97 Å². The molecule has 42 heavy (non-hydrogen) atoms. The van der Waals surface area contributed by atoms with Crippen LogP contribution in [0.4, 0.5) is 0 Å². The van der Waals surface area contributed by atoms with Crippen molar-refractivity contribution < 1.29 is 9.53 Å². The van der Waals surface area contributed by atoms with Crippen molar-refractivity contribution in [3.8, 4) is 0 Å². The molecule has 0 spiro atoms. The normalized spacial score (nSPS) is 16.2. The number of carbonyl (C=O) groups is 1. The summed E-state index contributed by atoms with van der Waals surface area (Å²) in [6.07, 6.45) is 51.2. The Hall–Kier alpha value is -1.31. The molecule has 1 fully saturated rings. The fraction of sp³-hybridized carbons (Fsp3) is 0.825. The van der Waals surface area contributed by atoms with Gasteiger partial charge in [-0.15, -0.1) is 0 Å². The van der Waals surface area contributed by atoms with Crippen molar-refractivity contribution in [3.05, 3.63) is 36.1 Å². The van der Waals surface area contributed by atoms with Gasteiger partial charge in [-0.1, -0.05) is 160 Å². The minimum atomic E-state index is 0.0112. The van der Waals surface area contributed by atoms with Crippen LogP contribution in [-0.2, 0) is 9.53 Å². The van der Waals surface area contributed by atoms with Gasteiger partial charge in [0.05, 0.1) is 0 Å². The van der Waals surface area contributed by atoms with Crippen molar-refractivity contribution >= 4 is 5.97 Å². The van der Waals surface area contributed by atoms with Gasteiger partial charge in [-0.05, 0) is 76.7 Å². The van der Waals surface area contributed by atoms with Crippen LogP contribution in [0.1, 0.15) is 206 Å². The van der Waals surface area contributed by atoms with E-state index < -0.39 is 0 Å². The van der Waals surface area contributed by atoms with Crippen molar-refractivity contribution in [2.75, 3.05) is 0 Å². The lowest BCUT2D eigenvalue weighted by molar-refractivity contribution is -0.157. The van der Waals surface area contributed by atoms with E-state index >= 15 is 0 Å². The average Bonchev–Trinajstić information content (AvgIpc) is 2.99. The summed E-state index contributed by atoms with van der Waals surface area (Å²) in [4.78, 5) is 11.9. The van der Waals surface area contributed by atoms with Gasteiger partial charge in [0.25, 0.3) is 0 Å². The van der Waals surface area contributed by atoms with Gasteiger partial charge in [-0.25, -0.2) is 0 Å². The predicted octanol–water partition coefficient (Wildman–Crippen LogP) is 13.9. The highest BCUT2D eigenvalue weighted by atomic mass is 16.6. The highest BCUT2D eigenvalue weighted by Gasteiger charge is 2.36. The summed E-state index contributed by atoms with van der Waals surface area (Å²) in [6, 6.07) is 0. The van der Waals surface area contributed by atoms with E-state index in [0.717, 1.165) is 25.0 Å². The Balaban J connectivity index is 1.86. The molecule has 0 N–H and O–H groups in total. The molecule has 2 nitrogen and oxygen atoms in total. The molecule has 1 rings (SSSR count). The summed E-state index contributed by atoms with van der Waals surface area (Å²) in [5.74, 6) is 1.05. The quantitative estimate of drug-likeness (QED) is 0.0446. The lowest BCUT2D eigenvalue weighted by Gasteiger charge is -2.28.